The van der Waals surface area contributed by atoms with Crippen LogP contribution in [0.25, 0.3) is 11.0 Å². The lowest BCUT2D eigenvalue weighted by Gasteiger charge is -2.39. The fourth-order valence-electron chi connectivity index (χ4n) is 5.45. The van der Waals surface area contributed by atoms with Gasteiger partial charge in [0.15, 0.2) is 5.43 Å². The summed E-state index contributed by atoms with van der Waals surface area (Å²) in [7, 11) is 0. The van der Waals surface area contributed by atoms with Crippen LogP contribution in [0.4, 0.5) is 4.79 Å². The first-order valence-electron chi connectivity index (χ1n) is 13.3. The minimum absolute atomic E-state index is 0.176. The van der Waals surface area contributed by atoms with Gasteiger partial charge in [-0.05, 0) is 69.5 Å². The lowest BCUT2D eigenvalue weighted by molar-refractivity contribution is -0.139. The van der Waals surface area contributed by atoms with Crippen LogP contribution in [0.2, 0.25) is 0 Å². The summed E-state index contributed by atoms with van der Waals surface area (Å²) < 4.78 is 11.8. The normalized spacial score (nSPS) is 18.9. The Hall–Kier alpha value is -3.43. The van der Waals surface area contributed by atoms with Crippen LogP contribution >= 0.6 is 15.9 Å². The van der Waals surface area contributed by atoms with Gasteiger partial charge in [-0.2, -0.15) is 0 Å². The van der Waals surface area contributed by atoms with Gasteiger partial charge in [-0.3, -0.25) is 14.6 Å². The fourth-order valence-corrected chi connectivity index (χ4v) is 5.81. The van der Waals surface area contributed by atoms with Crippen LogP contribution in [-0.4, -0.2) is 48.0 Å². The summed E-state index contributed by atoms with van der Waals surface area (Å²) in [6.45, 7) is 6.95. The number of fused-ring (bicyclic) bond motifs is 1. The maximum absolute atomic E-state index is 13.5. The molecule has 8 nitrogen and oxygen atoms in total. The van der Waals surface area contributed by atoms with E-state index in [1.165, 1.54) is 11.8 Å². The first-order chi connectivity index (χ1) is 18.9. The number of benzene rings is 2. The van der Waals surface area contributed by atoms with Crippen molar-refractivity contribution >= 4 is 38.9 Å². The predicted octanol–water partition coefficient (Wildman–Crippen LogP) is 5.37. The van der Waals surface area contributed by atoms with Crippen molar-refractivity contribution in [2.75, 3.05) is 26.2 Å². The molecule has 3 heterocycles. The number of piperidine rings is 1. The Balaban J connectivity index is 1.39. The van der Waals surface area contributed by atoms with Crippen molar-refractivity contribution in [3.05, 3.63) is 91.9 Å². The summed E-state index contributed by atoms with van der Waals surface area (Å²) in [5, 5.41) is 3.26. The van der Waals surface area contributed by atoms with Gasteiger partial charge in [-0.15, -0.1) is 0 Å². The van der Waals surface area contributed by atoms with Crippen LogP contribution in [0.15, 0.2) is 79.7 Å². The Morgan fingerprint density at radius 1 is 1.13 bits per heavy atom. The first-order valence-corrected chi connectivity index (χ1v) is 14.1. The summed E-state index contributed by atoms with van der Waals surface area (Å²) in [5.74, 6) is -0.266. The summed E-state index contributed by atoms with van der Waals surface area (Å²) in [4.78, 5) is 44.1. The summed E-state index contributed by atoms with van der Waals surface area (Å²) in [5.41, 5.74) is 2.35. The molecule has 3 aromatic rings. The van der Waals surface area contributed by atoms with Crippen molar-refractivity contribution < 1.29 is 18.7 Å². The number of carbonyl (C=O) groups is 2. The van der Waals surface area contributed by atoms with Crippen LogP contribution in [0.1, 0.15) is 43.9 Å². The molecule has 1 fully saturated rings. The third-order valence-corrected chi connectivity index (χ3v) is 8.05. The van der Waals surface area contributed by atoms with Crippen LogP contribution < -0.4 is 10.7 Å². The Labute approximate surface area is 235 Å². The highest BCUT2D eigenvalue weighted by molar-refractivity contribution is 9.10. The molecule has 1 unspecified atom stereocenters. The second-order valence-electron chi connectivity index (χ2n) is 10.1. The highest BCUT2D eigenvalue weighted by atomic mass is 79.9. The molecule has 1 aromatic heterocycles. The zero-order chi connectivity index (χ0) is 27.5. The molecule has 1 N–H and O–H groups in total. The Bertz CT molecular complexity index is 1460. The number of nitrogens with zero attached hydrogens (tertiary/aromatic N) is 2. The number of nitrogens with one attached hydrogen (secondary N) is 1. The van der Waals surface area contributed by atoms with E-state index in [-0.39, 0.29) is 29.2 Å². The van der Waals surface area contributed by atoms with Gasteiger partial charge < -0.3 is 14.5 Å². The van der Waals surface area contributed by atoms with E-state index in [0.29, 0.717) is 29.1 Å². The first kappa shape index (κ1) is 27.1. The smallest absolute Gasteiger partial charge is 0.338 e. The maximum atomic E-state index is 13.5. The zero-order valence-corrected chi connectivity index (χ0v) is 23.7. The van der Waals surface area contributed by atoms with Gasteiger partial charge >= 0.3 is 12.0 Å². The minimum atomic E-state index is -0.972. The largest absolute Gasteiger partial charge is 0.464 e. The molecule has 0 bridgehead atoms. The van der Waals surface area contributed by atoms with Crippen molar-refractivity contribution in [1.29, 1.82) is 0 Å². The van der Waals surface area contributed by atoms with Crippen molar-refractivity contribution in [2.45, 2.75) is 39.3 Å². The second kappa shape index (κ2) is 11.8. The van der Waals surface area contributed by atoms with Crippen LogP contribution in [0.5, 0.6) is 0 Å². The topological polar surface area (TPSA) is 92.1 Å². The van der Waals surface area contributed by atoms with Gasteiger partial charge in [0, 0.05) is 23.3 Å². The Kier molecular flexibility index (Phi) is 8.18. The lowest BCUT2D eigenvalue weighted by atomic mass is 9.92. The van der Waals surface area contributed by atoms with E-state index >= 15 is 0 Å². The standard InChI is InChI=1S/C30H32BrN3O5/c1-3-38-29(36)26-19(2)34(17-21-11-13-33(14-12-21)16-20-7-5-4-6-8-20)30(37)32-27(26)24-18-39-25-10-9-22(31)15-23(25)28(24)35/h4-10,15,18,21,27H,3,11-14,16-17H2,1-2H3,(H,32,37). The number of amides is 2. The van der Waals surface area contributed by atoms with Crippen molar-refractivity contribution in [3.63, 3.8) is 0 Å². The molecule has 5 rings (SSSR count). The van der Waals surface area contributed by atoms with Crippen molar-refractivity contribution in [2.24, 2.45) is 5.92 Å². The van der Waals surface area contributed by atoms with Crippen molar-refractivity contribution in [1.82, 2.24) is 15.1 Å². The lowest BCUT2D eigenvalue weighted by Crippen LogP contribution is -2.51. The van der Waals surface area contributed by atoms with E-state index in [2.05, 4.69) is 50.4 Å². The van der Waals surface area contributed by atoms with E-state index < -0.39 is 12.0 Å². The molecule has 2 aliphatic heterocycles. The van der Waals surface area contributed by atoms with Gasteiger partial charge in [-0.25, -0.2) is 9.59 Å². The van der Waals surface area contributed by atoms with E-state index in [4.69, 9.17) is 9.15 Å². The molecule has 0 spiro atoms. The fraction of sp³-hybridized carbons (Fsp3) is 0.367. The number of likely N-dealkylation sites (tertiary alicyclic amines) is 1. The predicted molar refractivity (Wildman–Crippen MR) is 152 cm³/mol. The third kappa shape index (κ3) is 5.79. The molecule has 0 saturated carbocycles. The monoisotopic (exact) mass is 593 g/mol. The van der Waals surface area contributed by atoms with Gasteiger partial charge in [-0.1, -0.05) is 46.3 Å². The quantitative estimate of drug-likeness (QED) is 0.370. The van der Waals surface area contributed by atoms with Crippen LogP contribution in [-0.2, 0) is 16.1 Å². The number of urea groups is 1. The average molecular weight is 595 g/mol. The van der Waals surface area contributed by atoms with E-state index in [1.54, 1.807) is 36.9 Å². The molecule has 0 radical (unpaired) electrons. The molecule has 2 aliphatic rings. The molecule has 2 aromatic carbocycles. The number of hydrogen-bond donors (Lipinski definition) is 1. The molecule has 1 saturated heterocycles. The van der Waals surface area contributed by atoms with Gasteiger partial charge in [0.1, 0.15) is 11.8 Å². The molecular weight excluding hydrogens is 562 g/mol. The molecule has 2 amide bonds. The summed E-state index contributed by atoms with van der Waals surface area (Å²) in [6, 6.07) is 14.3. The van der Waals surface area contributed by atoms with Gasteiger partial charge in [0.25, 0.3) is 0 Å². The highest BCUT2D eigenvalue weighted by Crippen LogP contribution is 2.33. The molecular formula is C30H32BrN3O5. The highest BCUT2D eigenvalue weighted by Gasteiger charge is 2.39. The molecule has 0 aliphatic carbocycles. The third-order valence-electron chi connectivity index (χ3n) is 7.56. The molecule has 9 heteroatoms. The number of allylic oxidation sites excluding steroid dienone is 1. The second-order valence-corrected chi connectivity index (χ2v) is 11.0. The Morgan fingerprint density at radius 3 is 2.59 bits per heavy atom. The average Bonchev–Trinajstić information content (AvgIpc) is 2.93. The van der Waals surface area contributed by atoms with Crippen LogP contribution in [0.3, 0.4) is 0 Å². The SMILES string of the molecule is CCOC(=O)C1=C(C)N(CC2CCN(Cc3ccccc3)CC2)C(=O)NC1c1coc2ccc(Br)cc2c1=O. The number of halogens is 1. The Morgan fingerprint density at radius 2 is 1.87 bits per heavy atom. The summed E-state index contributed by atoms with van der Waals surface area (Å²) >= 11 is 3.39. The van der Waals surface area contributed by atoms with Crippen LogP contribution in [0, 0.1) is 5.92 Å². The number of hydrogen-bond acceptors (Lipinski definition) is 6. The molecule has 204 valence electrons. The van der Waals surface area contributed by atoms with E-state index in [1.807, 2.05) is 6.07 Å². The summed E-state index contributed by atoms with van der Waals surface area (Å²) in [6.07, 6.45) is 3.23. The number of ether oxygens (including phenoxy) is 1. The minimum Gasteiger partial charge on any atom is -0.464 e. The maximum Gasteiger partial charge on any atom is 0.338 e. The van der Waals surface area contributed by atoms with Crippen molar-refractivity contribution in [3.8, 4) is 0 Å². The van der Waals surface area contributed by atoms with Gasteiger partial charge in [0.2, 0.25) is 0 Å². The van der Waals surface area contributed by atoms with E-state index in [9.17, 15) is 14.4 Å². The molecule has 39 heavy (non-hydrogen) atoms. The number of rotatable bonds is 7. The number of esters is 1. The van der Waals surface area contributed by atoms with E-state index in [0.717, 1.165) is 36.9 Å². The zero-order valence-electron chi connectivity index (χ0n) is 22.1. The van der Waals surface area contributed by atoms with Gasteiger partial charge in [0.05, 0.1) is 29.2 Å². The number of carbonyl (C=O) groups excluding carboxylic acids is 2. The molecule has 1 atom stereocenters.